The van der Waals surface area contributed by atoms with Gasteiger partial charge in [-0.3, -0.25) is 0 Å². The minimum atomic E-state index is 0.441. The van der Waals surface area contributed by atoms with Crippen LogP contribution in [-0.4, -0.2) is 16.2 Å². The van der Waals surface area contributed by atoms with Crippen molar-refractivity contribution in [1.29, 1.82) is 0 Å². The first-order valence-electron chi connectivity index (χ1n) is 10.8. The first-order valence-corrected chi connectivity index (χ1v) is 10.8. The van der Waals surface area contributed by atoms with Crippen molar-refractivity contribution >= 4 is 11.0 Å². The van der Waals surface area contributed by atoms with Crippen molar-refractivity contribution in [2.24, 2.45) is 0 Å². The SMILES string of the molecule is Cc1cc(C)cc(OCCCn2c(COc3cc(C)ccc3C)nc3ccccc32)c1. The topological polar surface area (TPSA) is 36.3 Å². The van der Waals surface area contributed by atoms with Crippen molar-refractivity contribution in [3.63, 3.8) is 0 Å². The highest BCUT2D eigenvalue weighted by atomic mass is 16.5. The summed E-state index contributed by atoms with van der Waals surface area (Å²) < 4.78 is 14.4. The summed E-state index contributed by atoms with van der Waals surface area (Å²) in [6.07, 6.45) is 0.893. The fraction of sp³-hybridized carbons (Fsp3) is 0.296. The normalized spacial score (nSPS) is 11.1. The molecular weight excluding hydrogens is 384 g/mol. The van der Waals surface area contributed by atoms with Gasteiger partial charge in [-0.25, -0.2) is 4.98 Å². The maximum atomic E-state index is 6.16. The van der Waals surface area contributed by atoms with Gasteiger partial charge in [-0.2, -0.15) is 0 Å². The largest absolute Gasteiger partial charge is 0.494 e. The van der Waals surface area contributed by atoms with Crippen LogP contribution in [-0.2, 0) is 13.2 Å². The lowest BCUT2D eigenvalue weighted by molar-refractivity contribution is 0.279. The maximum Gasteiger partial charge on any atom is 0.148 e. The molecule has 4 aromatic rings. The molecule has 0 bridgehead atoms. The van der Waals surface area contributed by atoms with Gasteiger partial charge in [0.05, 0.1) is 17.6 Å². The molecule has 4 heteroatoms. The second kappa shape index (κ2) is 9.25. The van der Waals surface area contributed by atoms with E-state index in [2.05, 4.69) is 86.9 Å². The van der Waals surface area contributed by atoms with Gasteiger partial charge in [0.25, 0.3) is 0 Å². The number of nitrogens with zero attached hydrogens (tertiary/aromatic N) is 2. The van der Waals surface area contributed by atoms with Crippen molar-refractivity contribution in [1.82, 2.24) is 9.55 Å². The smallest absolute Gasteiger partial charge is 0.148 e. The summed E-state index contributed by atoms with van der Waals surface area (Å²) in [6.45, 7) is 10.3. The van der Waals surface area contributed by atoms with Crippen LogP contribution in [0, 0.1) is 27.7 Å². The van der Waals surface area contributed by atoms with Gasteiger partial charge < -0.3 is 14.0 Å². The van der Waals surface area contributed by atoms with E-state index in [0.29, 0.717) is 13.2 Å². The molecule has 0 aliphatic heterocycles. The summed E-state index contributed by atoms with van der Waals surface area (Å²) in [5.74, 6) is 2.79. The number of benzene rings is 3. The number of para-hydroxylation sites is 2. The van der Waals surface area contributed by atoms with Crippen LogP contribution >= 0.6 is 0 Å². The maximum absolute atomic E-state index is 6.16. The lowest BCUT2D eigenvalue weighted by Crippen LogP contribution is -2.10. The zero-order valence-electron chi connectivity index (χ0n) is 18.8. The van der Waals surface area contributed by atoms with Crippen molar-refractivity contribution in [3.8, 4) is 11.5 Å². The van der Waals surface area contributed by atoms with E-state index < -0.39 is 0 Å². The minimum absolute atomic E-state index is 0.441. The monoisotopic (exact) mass is 414 g/mol. The lowest BCUT2D eigenvalue weighted by atomic mass is 10.1. The Morgan fingerprint density at radius 2 is 1.58 bits per heavy atom. The summed E-state index contributed by atoms with van der Waals surface area (Å²) in [4.78, 5) is 4.84. The van der Waals surface area contributed by atoms with Gasteiger partial charge in [0.1, 0.15) is 23.9 Å². The third-order valence-electron chi connectivity index (χ3n) is 5.42. The highest BCUT2D eigenvalue weighted by Crippen LogP contribution is 2.23. The summed E-state index contributed by atoms with van der Waals surface area (Å²) in [6, 6.07) is 20.9. The number of ether oxygens (including phenoxy) is 2. The van der Waals surface area contributed by atoms with Gasteiger partial charge in [0.15, 0.2) is 0 Å². The summed E-state index contributed by atoms with van der Waals surface area (Å²) in [5, 5.41) is 0. The zero-order chi connectivity index (χ0) is 21.8. The molecule has 160 valence electrons. The fourth-order valence-electron chi connectivity index (χ4n) is 3.92. The molecule has 31 heavy (non-hydrogen) atoms. The summed E-state index contributed by atoms with van der Waals surface area (Å²) in [7, 11) is 0. The predicted octanol–water partition coefficient (Wildman–Crippen LogP) is 6.32. The Morgan fingerprint density at radius 1 is 0.806 bits per heavy atom. The third-order valence-corrected chi connectivity index (χ3v) is 5.42. The number of hydrogen-bond donors (Lipinski definition) is 0. The first-order chi connectivity index (χ1) is 15.0. The van der Waals surface area contributed by atoms with Crippen molar-refractivity contribution in [2.45, 2.75) is 47.3 Å². The average molecular weight is 415 g/mol. The number of hydrogen-bond acceptors (Lipinski definition) is 3. The molecule has 4 rings (SSSR count). The van der Waals surface area contributed by atoms with Crippen LogP contribution in [0.15, 0.2) is 60.7 Å². The molecule has 0 unspecified atom stereocenters. The standard InChI is InChI=1S/C27H30N2O2/c1-19-10-11-22(4)26(17-19)31-18-27-28-24-8-5-6-9-25(24)29(27)12-7-13-30-23-15-20(2)14-21(3)16-23/h5-6,8-11,14-17H,7,12-13,18H2,1-4H3. The van der Waals surface area contributed by atoms with Crippen LogP contribution in [0.1, 0.15) is 34.5 Å². The van der Waals surface area contributed by atoms with E-state index in [1.54, 1.807) is 0 Å². The average Bonchev–Trinajstić information content (AvgIpc) is 3.09. The number of aryl methyl sites for hydroxylation is 5. The van der Waals surface area contributed by atoms with E-state index in [1.165, 1.54) is 16.7 Å². The van der Waals surface area contributed by atoms with E-state index in [0.717, 1.165) is 46.9 Å². The second-order valence-electron chi connectivity index (χ2n) is 8.25. The van der Waals surface area contributed by atoms with E-state index in [4.69, 9.17) is 14.5 Å². The molecule has 0 spiro atoms. The van der Waals surface area contributed by atoms with Crippen molar-refractivity contribution < 1.29 is 9.47 Å². The Bertz CT molecular complexity index is 1170. The summed E-state index contributed by atoms with van der Waals surface area (Å²) in [5.41, 5.74) is 6.90. The highest BCUT2D eigenvalue weighted by Gasteiger charge is 2.12. The predicted molar refractivity (Wildman–Crippen MR) is 126 cm³/mol. The molecule has 0 saturated carbocycles. The van der Waals surface area contributed by atoms with Crippen LogP contribution in [0.3, 0.4) is 0 Å². The lowest BCUT2D eigenvalue weighted by Gasteiger charge is -2.13. The van der Waals surface area contributed by atoms with Crippen LogP contribution in [0.2, 0.25) is 0 Å². The zero-order valence-corrected chi connectivity index (χ0v) is 18.8. The molecule has 0 atom stereocenters. The summed E-state index contributed by atoms with van der Waals surface area (Å²) >= 11 is 0. The minimum Gasteiger partial charge on any atom is -0.494 e. The van der Waals surface area contributed by atoms with Crippen molar-refractivity contribution in [3.05, 3.63) is 88.7 Å². The molecule has 0 saturated heterocycles. The van der Waals surface area contributed by atoms with E-state index in [9.17, 15) is 0 Å². The van der Waals surface area contributed by atoms with Gasteiger partial charge in [-0.1, -0.05) is 30.3 Å². The van der Waals surface area contributed by atoms with Gasteiger partial charge in [0.2, 0.25) is 0 Å². The molecule has 1 aromatic heterocycles. The van der Waals surface area contributed by atoms with E-state index >= 15 is 0 Å². The van der Waals surface area contributed by atoms with Crippen LogP contribution in [0.25, 0.3) is 11.0 Å². The Kier molecular flexibility index (Phi) is 6.26. The Labute approximate surface area is 184 Å². The molecule has 3 aromatic carbocycles. The fourth-order valence-corrected chi connectivity index (χ4v) is 3.92. The molecule has 0 radical (unpaired) electrons. The van der Waals surface area contributed by atoms with Crippen LogP contribution in [0.5, 0.6) is 11.5 Å². The molecule has 0 fully saturated rings. The number of aromatic nitrogens is 2. The van der Waals surface area contributed by atoms with Crippen LogP contribution in [0.4, 0.5) is 0 Å². The van der Waals surface area contributed by atoms with Gasteiger partial charge in [0, 0.05) is 6.54 Å². The molecule has 0 N–H and O–H groups in total. The molecule has 0 aliphatic carbocycles. The number of imidazole rings is 1. The van der Waals surface area contributed by atoms with E-state index in [-0.39, 0.29) is 0 Å². The van der Waals surface area contributed by atoms with Gasteiger partial charge in [-0.15, -0.1) is 0 Å². The van der Waals surface area contributed by atoms with E-state index in [1.807, 2.05) is 6.07 Å². The van der Waals surface area contributed by atoms with Crippen LogP contribution < -0.4 is 9.47 Å². The third kappa shape index (κ3) is 5.08. The second-order valence-corrected chi connectivity index (χ2v) is 8.25. The number of fused-ring (bicyclic) bond motifs is 1. The Balaban J connectivity index is 1.46. The molecule has 1 heterocycles. The van der Waals surface area contributed by atoms with Gasteiger partial charge >= 0.3 is 0 Å². The highest BCUT2D eigenvalue weighted by molar-refractivity contribution is 5.75. The molecule has 0 amide bonds. The molecule has 0 aliphatic rings. The van der Waals surface area contributed by atoms with Gasteiger partial charge in [-0.05, 0) is 86.7 Å². The Hall–Kier alpha value is -3.27. The number of rotatable bonds is 8. The van der Waals surface area contributed by atoms with Crippen molar-refractivity contribution in [2.75, 3.05) is 6.61 Å². The Morgan fingerprint density at radius 3 is 2.39 bits per heavy atom. The molecular formula is C27H30N2O2. The quantitative estimate of drug-likeness (QED) is 0.317. The first kappa shape index (κ1) is 21.0. The molecule has 4 nitrogen and oxygen atoms in total.